The fraction of sp³-hybridized carbons (Fsp3) is 0.333. The molecule has 0 atom stereocenters. The van der Waals surface area contributed by atoms with Gasteiger partial charge in [0.1, 0.15) is 17.0 Å². The van der Waals surface area contributed by atoms with Crippen LogP contribution in [0.3, 0.4) is 0 Å². The first kappa shape index (κ1) is 17.8. The van der Waals surface area contributed by atoms with Gasteiger partial charge in [0.25, 0.3) is 5.91 Å². The summed E-state index contributed by atoms with van der Waals surface area (Å²) in [6.45, 7) is 2.06. The molecule has 0 saturated carbocycles. The molecule has 2 aromatic heterocycles. The van der Waals surface area contributed by atoms with Gasteiger partial charge in [-0.25, -0.2) is 4.98 Å². The van der Waals surface area contributed by atoms with Crippen LogP contribution in [0, 0.1) is 0 Å². The number of hydrogen-bond donors (Lipinski definition) is 1. The Morgan fingerprint density at radius 1 is 1.25 bits per heavy atom. The molecule has 1 fully saturated rings. The molecule has 3 aromatic rings. The van der Waals surface area contributed by atoms with E-state index in [4.69, 9.17) is 4.74 Å². The Labute approximate surface area is 171 Å². The first-order valence-corrected chi connectivity index (χ1v) is 11.1. The molecule has 5 nitrogen and oxygen atoms in total. The molecule has 2 aliphatic rings. The van der Waals surface area contributed by atoms with E-state index in [0.717, 1.165) is 29.7 Å². The highest BCUT2D eigenvalue weighted by molar-refractivity contribution is 7.15. The van der Waals surface area contributed by atoms with Gasteiger partial charge in [0.15, 0.2) is 0 Å². The smallest absolute Gasteiger partial charge is 0.273 e. The van der Waals surface area contributed by atoms with Crippen LogP contribution < -0.4 is 0 Å². The quantitative estimate of drug-likeness (QED) is 0.682. The Morgan fingerprint density at radius 2 is 2.11 bits per heavy atom. The van der Waals surface area contributed by atoms with Gasteiger partial charge in [0.05, 0.1) is 12.1 Å². The monoisotopic (exact) mass is 412 g/mol. The lowest BCUT2D eigenvalue weighted by atomic mass is 9.85. The van der Waals surface area contributed by atoms with E-state index in [2.05, 4.69) is 11.1 Å². The van der Waals surface area contributed by atoms with Crippen molar-refractivity contribution < 1.29 is 14.6 Å². The van der Waals surface area contributed by atoms with E-state index in [9.17, 15) is 9.90 Å². The zero-order valence-electron chi connectivity index (χ0n) is 15.3. The Hall–Kier alpha value is -2.22. The van der Waals surface area contributed by atoms with E-state index in [-0.39, 0.29) is 17.3 Å². The lowest BCUT2D eigenvalue weighted by molar-refractivity contribution is -0.0906. The van der Waals surface area contributed by atoms with Crippen LogP contribution in [0.1, 0.15) is 33.8 Å². The number of aromatic hydroxyl groups is 1. The third-order valence-corrected chi connectivity index (χ3v) is 7.61. The zero-order chi connectivity index (χ0) is 19.1. The summed E-state index contributed by atoms with van der Waals surface area (Å²) in [5, 5.41) is 11.6. The first-order chi connectivity index (χ1) is 13.6. The molecule has 0 unspecified atom stereocenters. The van der Waals surface area contributed by atoms with Crippen LogP contribution in [-0.4, -0.2) is 40.6 Å². The van der Waals surface area contributed by atoms with Gasteiger partial charge in [-0.2, -0.15) is 0 Å². The minimum absolute atomic E-state index is 0.0127. The Morgan fingerprint density at radius 3 is 2.86 bits per heavy atom. The molecule has 7 heteroatoms. The third kappa shape index (κ3) is 3.03. The lowest BCUT2D eigenvalue weighted by Gasteiger charge is -2.43. The van der Waals surface area contributed by atoms with Gasteiger partial charge in [0, 0.05) is 28.2 Å². The Balaban J connectivity index is 1.40. The molecule has 1 saturated heterocycles. The number of likely N-dealkylation sites (tertiary alicyclic amines) is 1. The van der Waals surface area contributed by atoms with Crippen molar-refractivity contribution in [1.29, 1.82) is 0 Å². The number of piperidine rings is 1. The summed E-state index contributed by atoms with van der Waals surface area (Å²) in [7, 11) is 0. The number of hydrogen-bond acceptors (Lipinski definition) is 6. The second kappa shape index (κ2) is 6.99. The van der Waals surface area contributed by atoms with Crippen LogP contribution >= 0.6 is 22.7 Å². The molecular formula is C21H20N2O3S2. The number of ether oxygens (including phenoxy) is 1. The van der Waals surface area contributed by atoms with Crippen molar-refractivity contribution in [2.75, 3.05) is 19.7 Å². The van der Waals surface area contributed by atoms with Gasteiger partial charge in [-0.15, -0.1) is 22.7 Å². The Bertz CT molecular complexity index is 1000. The fourth-order valence-corrected chi connectivity index (χ4v) is 6.08. The average Bonchev–Trinajstić information content (AvgIpc) is 3.39. The van der Waals surface area contributed by atoms with Crippen LogP contribution in [0.25, 0.3) is 10.4 Å². The molecule has 144 valence electrons. The number of carbonyl (C=O) groups is 1. The van der Waals surface area contributed by atoms with Crippen molar-refractivity contribution >= 4 is 28.6 Å². The number of thiazole rings is 1. The van der Waals surface area contributed by atoms with Gasteiger partial charge >= 0.3 is 0 Å². The van der Waals surface area contributed by atoms with Crippen molar-refractivity contribution in [3.05, 3.63) is 57.4 Å². The van der Waals surface area contributed by atoms with Crippen molar-refractivity contribution in [3.63, 3.8) is 0 Å². The highest BCUT2D eigenvalue weighted by Gasteiger charge is 2.43. The number of carbonyl (C=O) groups excluding carboxylic acids is 1. The van der Waals surface area contributed by atoms with E-state index >= 15 is 0 Å². The van der Waals surface area contributed by atoms with Crippen molar-refractivity contribution in [2.24, 2.45) is 0 Å². The molecule has 0 aliphatic carbocycles. The standard InChI is InChI=1S/C21H20N2O3S2/c24-16-3-1-2-14(10-16)18-11-15-4-9-26-21(19(15)28-18)5-7-23(8-6-21)20(25)17-12-27-13-22-17/h1-3,10-13,24H,4-9H2. The SMILES string of the molecule is O=C(c1cscn1)N1CCC2(CC1)OCCc1cc(-c3cccc(O)c3)sc12. The normalized spacial score (nSPS) is 18.2. The molecule has 0 bridgehead atoms. The first-order valence-electron chi connectivity index (χ1n) is 9.39. The molecule has 1 N–H and O–H groups in total. The maximum atomic E-state index is 12.6. The predicted molar refractivity (Wildman–Crippen MR) is 110 cm³/mol. The summed E-state index contributed by atoms with van der Waals surface area (Å²) in [6.07, 6.45) is 2.51. The molecule has 1 aromatic carbocycles. The predicted octanol–water partition coefficient (Wildman–Crippen LogP) is 4.28. The van der Waals surface area contributed by atoms with E-state index in [1.165, 1.54) is 21.8 Å². The molecule has 5 rings (SSSR count). The molecule has 1 spiro atoms. The van der Waals surface area contributed by atoms with Crippen molar-refractivity contribution in [3.8, 4) is 16.2 Å². The molecule has 1 amide bonds. The lowest BCUT2D eigenvalue weighted by Crippen LogP contribution is -2.47. The van der Waals surface area contributed by atoms with Gasteiger partial charge in [0.2, 0.25) is 0 Å². The highest BCUT2D eigenvalue weighted by Crippen LogP contribution is 2.47. The summed E-state index contributed by atoms with van der Waals surface area (Å²) in [5.74, 6) is 0.294. The van der Waals surface area contributed by atoms with Gasteiger partial charge in [-0.3, -0.25) is 4.79 Å². The summed E-state index contributed by atoms with van der Waals surface area (Å²) >= 11 is 3.21. The van der Waals surface area contributed by atoms with Crippen LogP contribution in [0.4, 0.5) is 0 Å². The maximum absolute atomic E-state index is 12.6. The number of phenolic OH excluding ortho intramolecular Hbond substituents is 1. The number of benzene rings is 1. The number of nitrogens with zero attached hydrogens (tertiary/aromatic N) is 2. The van der Waals surface area contributed by atoms with Crippen LogP contribution in [0.15, 0.2) is 41.2 Å². The van der Waals surface area contributed by atoms with E-state index < -0.39 is 0 Å². The highest BCUT2D eigenvalue weighted by atomic mass is 32.1. The number of phenols is 1. The molecule has 4 heterocycles. The third-order valence-electron chi connectivity index (χ3n) is 5.61. The van der Waals surface area contributed by atoms with Crippen molar-refractivity contribution in [2.45, 2.75) is 24.9 Å². The second-order valence-electron chi connectivity index (χ2n) is 7.27. The summed E-state index contributed by atoms with van der Waals surface area (Å²) in [4.78, 5) is 21.1. The van der Waals surface area contributed by atoms with E-state index in [0.29, 0.717) is 25.4 Å². The number of amides is 1. The van der Waals surface area contributed by atoms with Gasteiger partial charge in [-0.1, -0.05) is 12.1 Å². The zero-order valence-corrected chi connectivity index (χ0v) is 16.9. The maximum Gasteiger partial charge on any atom is 0.273 e. The van der Waals surface area contributed by atoms with E-state index in [1.54, 1.807) is 29.0 Å². The molecule has 28 heavy (non-hydrogen) atoms. The molecule has 2 aliphatic heterocycles. The second-order valence-corrected chi connectivity index (χ2v) is 9.04. The topological polar surface area (TPSA) is 62.7 Å². The molecule has 0 radical (unpaired) electrons. The minimum atomic E-state index is -0.299. The summed E-state index contributed by atoms with van der Waals surface area (Å²) in [5.41, 5.74) is 4.31. The summed E-state index contributed by atoms with van der Waals surface area (Å²) in [6, 6.07) is 9.64. The fourth-order valence-electron chi connectivity index (χ4n) is 4.15. The van der Waals surface area contributed by atoms with Crippen LogP contribution in [0.2, 0.25) is 0 Å². The van der Waals surface area contributed by atoms with E-state index in [1.807, 2.05) is 22.4 Å². The van der Waals surface area contributed by atoms with Gasteiger partial charge in [-0.05, 0) is 48.6 Å². The van der Waals surface area contributed by atoms with Crippen LogP contribution in [0.5, 0.6) is 5.75 Å². The number of aromatic nitrogens is 1. The minimum Gasteiger partial charge on any atom is -0.508 e. The summed E-state index contributed by atoms with van der Waals surface area (Å²) < 4.78 is 6.33. The number of fused-ring (bicyclic) bond motifs is 2. The Kier molecular flexibility index (Phi) is 4.45. The number of thiophene rings is 1. The van der Waals surface area contributed by atoms with Crippen LogP contribution in [-0.2, 0) is 16.8 Å². The van der Waals surface area contributed by atoms with Gasteiger partial charge < -0.3 is 14.7 Å². The largest absolute Gasteiger partial charge is 0.508 e. The average molecular weight is 413 g/mol. The molecular weight excluding hydrogens is 392 g/mol. The van der Waals surface area contributed by atoms with Crippen molar-refractivity contribution in [1.82, 2.24) is 9.88 Å². The number of rotatable bonds is 2.